The maximum Gasteiger partial charge on any atom is 0.264 e. The molecule has 3 rings (SSSR count). The molecule has 0 radical (unpaired) electrons. The molecule has 8 heteroatoms. The van der Waals surface area contributed by atoms with Crippen LogP contribution in [0.1, 0.15) is 11.4 Å². The molecule has 2 aromatic rings. The summed E-state index contributed by atoms with van der Waals surface area (Å²) in [6, 6.07) is 4.84. The predicted octanol–water partition coefficient (Wildman–Crippen LogP) is 1.98. The molecule has 0 bridgehead atoms. The minimum Gasteiger partial charge on any atom is -0.301 e. The minimum absolute atomic E-state index is 0.206. The van der Waals surface area contributed by atoms with Crippen LogP contribution in [0.5, 0.6) is 0 Å². The van der Waals surface area contributed by atoms with Gasteiger partial charge >= 0.3 is 0 Å². The SMILES string of the molecule is Cc1nccn1-c1ccc(CN=C2C=NNC(=O)C2Cl)cc1F. The van der Waals surface area contributed by atoms with Gasteiger partial charge in [0.05, 0.1) is 24.2 Å². The standard InChI is InChI=1S/C15H13ClFN5O/c1-9-18-4-5-22(9)13-3-2-10(6-11(13)17)7-19-12-8-20-21-15(23)14(12)16/h2-6,8,14H,7H2,1H3,(H,21,23). The van der Waals surface area contributed by atoms with Crippen LogP contribution < -0.4 is 5.43 Å². The van der Waals surface area contributed by atoms with E-state index in [1.807, 2.05) is 0 Å². The van der Waals surface area contributed by atoms with Crippen molar-refractivity contribution in [2.24, 2.45) is 10.1 Å². The lowest BCUT2D eigenvalue weighted by Crippen LogP contribution is -2.39. The molecule has 1 amide bonds. The van der Waals surface area contributed by atoms with E-state index in [0.29, 0.717) is 22.8 Å². The Kier molecular flexibility index (Phi) is 4.20. The fourth-order valence-corrected chi connectivity index (χ4v) is 2.37. The molecule has 1 aromatic carbocycles. The van der Waals surface area contributed by atoms with Crippen molar-refractivity contribution >= 4 is 29.4 Å². The van der Waals surface area contributed by atoms with Gasteiger partial charge in [0.25, 0.3) is 5.91 Å². The van der Waals surface area contributed by atoms with Crippen molar-refractivity contribution in [2.45, 2.75) is 18.8 Å². The quantitative estimate of drug-likeness (QED) is 0.872. The number of alkyl halides is 1. The zero-order valence-corrected chi connectivity index (χ0v) is 13.0. The summed E-state index contributed by atoms with van der Waals surface area (Å²) in [6.45, 7) is 2.01. The van der Waals surface area contributed by atoms with E-state index < -0.39 is 11.3 Å². The Morgan fingerprint density at radius 1 is 1.48 bits per heavy atom. The van der Waals surface area contributed by atoms with Crippen LogP contribution in [0.15, 0.2) is 40.7 Å². The Balaban J connectivity index is 1.81. The van der Waals surface area contributed by atoms with Gasteiger partial charge in [-0.1, -0.05) is 6.07 Å². The Morgan fingerprint density at radius 3 is 3.00 bits per heavy atom. The van der Waals surface area contributed by atoms with E-state index in [2.05, 4.69) is 20.5 Å². The second-order valence-electron chi connectivity index (χ2n) is 4.97. The fourth-order valence-electron chi connectivity index (χ4n) is 2.20. The molecule has 1 N–H and O–H groups in total. The predicted molar refractivity (Wildman–Crippen MR) is 85.7 cm³/mol. The monoisotopic (exact) mass is 333 g/mol. The van der Waals surface area contributed by atoms with Crippen molar-refractivity contribution in [3.8, 4) is 5.69 Å². The average molecular weight is 334 g/mol. The summed E-state index contributed by atoms with van der Waals surface area (Å²) in [6.07, 6.45) is 4.70. The van der Waals surface area contributed by atoms with Crippen molar-refractivity contribution in [2.75, 3.05) is 0 Å². The van der Waals surface area contributed by atoms with E-state index in [0.717, 1.165) is 0 Å². The summed E-state index contributed by atoms with van der Waals surface area (Å²) in [5.74, 6) is -0.0994. The van der Waals surface area contributed by atoms with E-state index >= 15 is 0 Å². The molecule has 0 aliphatic carbocycles. The second kappa shape index (κ2) is 6.29. The van der Waals surface area contributed by atoms with Gasteiger partial charge in [0.1, 0.15) is 11.6 Å². The number of aliphatic imine (C=N–C) groups is 1. The third kappa shape index (κ3) is 3.14. The largest absolute Gasteiger partial charge is 0.301 e. The van der Waals surface area contributed by atoms with Gasteiger partial charge in [0, 0.05) is 12.4 Å². The van der Waals surface area contributed by atoms with E-state index in [1.165, 1.54) is 12.3 Å². The molecule has 118 valence electrons. The summed E-state index contributed by atoms with van der Waals surface area (Å²) >= 11 is 5.92. The maximum atomic E-state index is 14.3. The molecular weight excluding hydrogens is 321 g/mol. The van der Waals surface area contributed by atoms with Gasteiger partial charge in [-0.2, -0.15) is 5.10 Å². The van der Waals surface area contributed by atoms with Crippen molar-refractivity contribution in [3.05, 3.63) is 47.8 Å². The summed E-state index contributed by atoms with van der Waals surface area (Å²) in [5.41, 5.74) is 3.69. The second-order valence-corrected chi connectivity index (χ2v) is 5.40. The number of hydrogen-bond acceptors (Lipinski definition) is 4. The molecule has 0 spiro atoms. The first-order chi connectivity index (χ1) is 11.1. The lowest BCUT2D eigenvalue weighted by atomic mass is 10.2. The number of nitrogens with zero attached hydrogens (tertiary/aromatic N) is 4. The van der Waals surface area contributed by atoms with Crippen LogP contribution in [0.3, 0.4) is 0 Å². The number of hydrogen-bond donors (Lipinski definition) is 1. The molecule has 0 saturated carbocycles. The molecule has 2 heterocycles. The van der Waals surface area contributed by atoms with Gasteiger partial charge in [-0.25, -0.2) is 14.8 Å². The van der Waals surface area contributed by atoms with Crippen LogP contribution >= 0.6 is 11.6 Å². The Bertz CT molecular complexity index is 814. The number of nitrogens with one attached hydrogen (secondary N) is 1. The van der Waals surface area contributed by atoms with E-state index in [9.17, 15) is 9.18 Å². The number of carbonyl (C=O) groups is 1. The lowest BCUT2D eigenvalue weighted by molar-refractivity contribution is -0.119. The number of hydrazone groups is 1. The van der Waals surface area contributed by atoms with E-state index in [4.69, 9.17) is 11.6 Å². The first-order valence-electron chi connectivity index (χ1n) is 6.86. The normalized spacial score (nSPS) is 19.2. The van der Waals surface area contributed by atoms with E-state index in [1.54, 1.807) is 36.0 Å². The van der Waals surface area contributed by atoms with Crippen molar-refractivity contribution in [1.82, 2.24) is 15.0 Å². The van der Waals surface area contributed by atoms with Gasteiger partial charge in [-0.15, -0.1) is 11.6 Å². The molecule has 0 fully saturated rings. The molecule has 1 aliphatic rings. The molecule has 1 unspecified atom stereocenters. The summed E-state index contributed by atoms with van der Waals surface area (Å²) < 4.78 is 15.9. The van der Waals surface area contributed by atoms with Crippen LogP contribution in [0.4, 0.5) is 4.39 Å². The number of aryl methyl sites for hydroxylation is 1. The first kappa shape index (κ1) is 15.4. The Labute approximate surface area is 136 Å². The third-order valence-corrected chi connectivity index (χ3v) is 3.82. The zero-order valence-electron chi connectivity index (χ0n) is 12.2. The number of aromatic nitrogens is 2. The van der Waals surface area contributed by atoms with E-state index in [-0.39, 0.29) is 12.4 Å². The summed E-state index contributed by atoms with van der Waals surface area (Å²) in [5, 5.41) is 2.77. The van der Waals surface area contributed by atoms with Crippen LogP contribution in [-0.4, -0.2) is 32.8 Å². The zero-order chi connectivity index (χ0) is 16.4. The highest BCUT2D eigenvalue weighted by atomic mass is 35.5. The van der Waals surface area contributed by atoms with Crippen LogP contribution in [0, 0.1) is 12.7 Å². The fraction of sp³-hybridized carbons (Fsp3) is 0.200. The number of carbonyl (C=O) groups excluding carboxylic acids is 1. The number of benzene rings is 1. The van der Waals surface area contributed by atoms with Crippen LogP contribution in [0.25, 0.3) is 5.69 Å². The topological polar surface area (TPSA) is 71.6 Å². The maximum absolute atomic E-state index is 14.3. The molecule has 6 nitrogen and oxygen atoms in total. The Hall–Kier alpha value is -2.54. The highest BCUT2D eigenvalue weighted by Crippen LogP contribution is 2.17. The lowest BCUT2D eigenvalue weighted by Gasteiger charge is -2.12. The minimum atomic E-state index is -0.884. The van der Waals surface area contributed by atoms with Gasteiger partial charge in [0.15, 0.2) is 5.38 Å². The van der Waals surface area contributed by atoms with Crippen LogP contribution in [0.2, 0.25) is 0 Å². The molecular formula is C15H13ClFN5O. The van der Waals surface area contributed by atoms with Gasteiger partial charge in [0.2, 0.25) is 0 Å². The number of halogens is 2. The highest BCUT2D eigenvalue weighted by Gasteiger charge is 2.23. The van der Waals surface area contributed by atoms with Crippen molar-refractivity contribution < 1.29 is 9.18 Å². The first-order valence-corrected chi connectivity index (χ1v) is 7.30. The van der Waals surface area contributed by atoms with Gasteiger partial charge in [-0.3, -0.25) is 9.79 Å². The smallest absolute Gasteiger partial charge is 0.264 e. The molecule has 1 atom stereocenters. The Morgan fingerprint density at radius 2 is 2.30 bits per heavy atom. The summed E-state index contributed by atoms with van der Waals surface area (Å²) in [7, 11) is 0. The number of rotatable bonds is 3. The molecule has 23 heavy (non-hydrogen) atoms. The average Bonchev–Trinajstić information content (AvgIpc) is 2.95. The van der Waals surface area contributed by atoms with Gasteiger partial charge in [-0.05, 0) is 24.6 Å². The van der Waals surface area contributed by atoms with Gasteiger partial charge < -0.3 is 4.57 Å². The van der Waals surface area contributed by atoms with Crippen molar-refractivity contribution in [3.63, 3.8) is 0 Å². The van der Waals surface area contributed by atoms with Crippen molar-refractivity contribution in [1.29, 1.82) is 0 Å². The third-order valence-electron chi connectivity index (χ3n) is 3.40. The number of imidazole rings is 1. The number of amides is 1. The molecule has 0 saturated heterocycles. The molecule has 1 aromatic heterocycles. The molecule has 1 aliphatic heterocycles. The van der Waals surface area contributed by atoms with Crippen LogP contribution in [-0.2, 0) is 11.3 Å². The highest BCUT2D eigenvalue weighted by molar-refractivity contribution is 6.54. The summed E-state index contributed by atoms with van der Waals surface area (Å²) in [4.78, 5) is 19.7.